The second kappa shape index (κ2) is 9.00. The van der Waals surface area contributed by atoms with Crippen LogP contribution in [0.25, 0.3) is 0 Å². The van der Waals surface area contributed by atoms with E-state index in [9.17, 15) is 0 Å². The molecule has 0 spiro atoms. The average Bonchev–Trinajstić information content (AvgIpc) is 1.41. The minimum Gasteiger partial charge on any atom is -0.382 e. The minimum absolute atomic E-state index is 0. The van der Waals surface area contributed by atoms with Crippen molar-refractivity contribution >= 4 is 13.5 Å². The first-order chi connectivity index (χ1) is 2.41. The van der Waals surface area contributed by atoms with Crippen LogP contribution in [0, 0.1) is 0 Å². The Bertz CT molecular complexity index is 15.0. The molecule has 0 aliphatic rings. The first kappa shape index (κ1) is 9.58. The van der Waals surface area contributed by atoms with Gasteiger partial charge in [-0.2, -0.15) is 0 Å². The standard InChI is InChI=1S/C4H10O.S/c1-3-5-4-2;/h3-4H2,1-2H3;. The van der Waals surface area contributed by atoms with Crippen molar-refractivity contribution in [2.24, 2.45) is 0 Å². The smallest absolute Gasteiger partial charge is 0.0437 e. The summed E-state index contributed by atoms with van der Waals surface area (Å²) in [7, 11) is 0. The van der Waals surface area contributed by atoms with Crippen molar-refractivity contribution in [3.8, 4) is 0 Å². The minimum atomic E-state index is 0. The molecule has 0 amide bonds. The largest absolute Gasteiger partial charge is 0.382 e. The zero-order valence-corrected chi connectivity index (χ0v) is 5.05. The van der Waals surface area contributed by atoms with Crippen molar-refractivity contribution in [2.75, 3.05) is 13.2 Å². The molecule has 0 unspecified atom stereocenters. The fourth-order valence-corrected chi connectivity index (χ4v) is 0.204. The van der Waals surface area contributed by atoms with Crippen LogP contribution < -0.4 is 0 Å². The van der Waals surface area contributed by atoms with Crippen molar-refractivity contribution < 1.29 is 4.74 Å². The van der Waals surface area contributed by atoms with E-state index in [0.29, 0.717) is 0 Å². The van der Waals surface area contributed by atoms with Gasteiger partial charge in [0.25, 0.3) is 0 Å². The quantitative estimate of drug-likeness (QED) is 0.520. The van der Waals surface area contributed by atoms with Crippen molar-refractivity contribution in [3.05, 3.63) is 0 Å². The lowest BCUT2D eigenvalue weighted by atomic mass is 10.8. The van der Waals surface area contributed by atoms with E-state index >= 15 is 0 Å². The van der Waals surface area contributed by atoms with Crippen molar-refractivity contribution in [1.29, 1.82) is 0 Å². The molecule has 0 aromatic rings. The highest BCUT2D eigenvalue weighted by Gasteiger charge is 1.64. The number of ether oxygens (including phenoxy) is 1. The van der Waals surface area contributed by atoms with E-state index in [1.54, 1.807) is 0 Å². The molecule has 0 aromatic heterocycles. The van der Waals surface area contributed by atoms with Crippen LogP contribution >= 0.6 is 13.5 Å². The molecular weight excluding hydrogens is 96.1 g/mol. The first-order valence-corrected chi connectivity index (χ1v) is 1.99. The van der Waals surface area contributed by atoms with Crippen LogP contribution in [-0.4, -0.2) is 13.2 Å². The van der Waals surface area contributed by atoms with E-state index in [1.165, 1.54) is 0 Å². The van der Waals surface area contributed by atoms with Crippen molar-refractivity contribution in [3.63, 3.8) is 0 Å². The molecule has 2 heteroatoms. The van der Waals surface area contributed by atoms with Gasteiger partial charge in [-0.05, 0) is 13.8 Å². The molecule has 0 bridgehead atoms. The molecular formula is C4H10OS. The number of rotatable bonds is 2. The van der Waals surface area contributed by atoms with Gasteiger partial charge in [0.15, 0.2) is 0 Å². The van der Waals surface area contributed by atoms with Crippen LogP contribution in [0.3, 0.4) is 0 Å². The number of hydrogen-bond donors (Lipinski definition) is 0. The predicted octanol–water partition coefficient (Wildman–Crippen LogP) is 1.69. The fourth-order valence-electron chi connectivity index (χ4n) is 0.204. The van der Waals surface area contributed by atoms with Crippen LogP contribution in [-0.2, 0) is 4.74 Å². The maximum Gasteiger partial charge on any atom is 0.0437 e. The van der Waals surface area contributed by atoms with Gasteiger partial charge in [-0.1, -0.05) is 0 Å². The van der Waals surface area contributed by atoms with E-state index < -0.39 is 0 Å². The Balaban J connectivity index is 0. The Hall–Kier alpha value is 0.310. The van der Waals surface area contributed by atoms with Gasteiger partial charge in [0, 0.05) is 26.7 Å². The van der Waals surface area contributed by atoms with E-state index in [-0.39, 0.29) is 13.5 Å². The molecule has 38 valence electrons. The van der Waals surface area contributed by atoms with E-state index in [2.05, 4.69) is 0 Å². The van der Waals surface area contributed by atoms with Gasteiger partial charge >= 0.3 is 0 Å². The van der Waals surface area contributed by atoms with Gasteiger partial charge in [-0.3, -0.25) is 0 Å². The molecule has 0 heterocycles. The summed E-state index contributed by atoms with van der Waals surface area (Å²) in [5.74, 6) is 0. The third-order valence-corrected chi connectivity index (χ3v) is 0.408. The van der Waals surface area contributed by atoms with Crippen molar-refractivity contribution in [2.45, 2.75) is 13.8 Å². The summed E-state index contributed by atoms with van der Waals surface area (Å²) in [6, 6.07) is 0. The summed E-state index contributed by atoms with van der Waals surface area (Å²) < 4.78 is 4.83. The summed E-state index contributed by atoms with van der Waals surface area (Å²) >= 11 is 0. The number of hydrogen-bond acceptors (Lipinski definition) is 1. The van der Waals surface area contributed by atoms with E-state index in [1.807, 2.05) is 13.8 Å². The zero-order chi connectivity index (χ0) is 4.12. The molecule has 0 aliphatic heterocycles. The average molecular weight is 106 g/mol. The lowest BCUT2D eigenvalue weighted by molar-refractivity contribution is 0.162. The summed E-state index contributed by atoms with van der Waals surface area (Å²) in [4.78, 5) is 0. The third-order valence-electron chi connectivity index (χ3n) is 0.408. The molecule has 0 saturated carbocycles. The van der Waals surface area contributed by atoms with Gasteiger partial charge < -0.3 is 4.74 Å². The first-order valence-electron chi connectivity index (χ1n) is 1.99. The normalized spacial score (nSPS) is 7.00. The molecule has 0 atom stereocenters. The van der Waals surface area contributed by atoms with Gasteiger partial charge in [0.1, 0.15) is 0 Å². The highest BCUT2D eigenvalue weighted by molar-refractivity contribution is 7.59. The van der Waals surface area contributed by atoms with Crippen molar-refractivity contribution in [1.82, 2.24) is 0 Å². The molecule has 0 aromatic carbocycles. The Morgan fingerprint density at radius 1 is 1.17 bits per heavy atom. The topological polar surface area (TPSA) is 9.23 Å². The SMILES string of the molecule is CCOCC.[S]. The van der Waals surface area contributed by atoms with Crippen LogP contribution in [0.5, 0.6) is 0 Å². The van der Waals surface area contributed by atoms with E-state index in [0.717, 1.165) is 13.2 Å². The maximum absolute atomic E-state index is 4.83. The summed E-state index contributed by atoms with van der Waals surface area (Å²) in [6.07, 6.45) is 0. The van der Waals surface area contributed by atoms with Gasteiger partial charge in [0.05, 0.1) is 0 Å². The lowest BCUT2D eigenvalue weighted by Crippen LogP contribution is -1.84. The zero-order valence-electron chi connectivity index (χ0n) is 4.23. The molecule has 2 radical (unpaired) electrons. The monoisotopic (exact) mass is 106 g/mol. The van der Waals surface area contributed by atoms with Crippen LogP contribution in [0.15, 0.2) is 0 Å². The van der Waals surface area contributed by atoms with Gasteiger partial charge in [-0.25, -0.2) is 0 Å². The summed E-state index contributed by atoms with van der Waals surface area (Å²) in [6.45, 7) is 5.67. The molecule has 0 aliphatic carbocycles. The molecule has 1 nitrogen and oxygen atoms in total. The second-order valence-electron chi connectivity index (χ2n) is 0.781. The molecule has 6 heavy (non-hydrogen) atoms. The highest BCUT2D eigenvalue weighted by Crippen LogP contribution is 1.64. The Labute approximate surface area is 46.1 Å². The molecule has 0 N–H and O–H groups in total. The molecule has 0 saturated heterocycles. The van der Waals surface area contributed by atoms with Crippen LogP contribution in [0.4, 0.5) is 0 Å². The third kappa shape index (κ3) is 8.85. The van der Waals surface area contributed by atoms with E-state index in [4.69, 9.17) is 4.74 Å². The summed E-state index contributed by atoms with van der Waals surface area (Å²) in [5, 5.41) is 0. The Kier molecular flexibility index (Phi) is 14.4. The van der Waals surface area contributed by atoms with Crippen LogP contribution in [0.1, 0.15) is 13.8 Å². The maximum atomic E-state index is 4.83. The van der Waals surface area contributed by atoms with Crippen LogP contribution in [0.2, 0.25) is 0 Å². The Morgan fingerprint density at radius 3 is 1.50 bits per heavy atom. The molecule has 0 fully saturated rings. The highest BCUT2D eigenvalue weighted by atomic mass is 32.1. The van der Waals surface area contributed by atoms with Gasteiger partial charge in [0.2, 0.25) is 0 Å². The predicted molar refractivity (Wildman–Crippen MR) is 29.8 cm³/mol. The Morgan fingerprint density at radius 2 is 1.50 bits per heavy atom. The lowest BCUT2D eigenvalue weighted by Gasteiger charge is -1.86. The second-order valence-corrected chi connectivity index (χ2v) is 0.781. The van der Waals surface area contributed by atoms with Gasteiger partial charge in [-0.15, -0.1) is 0 Å². The molecule has 0 rings (SSSR count). The fraction of sp³-hybridized carbons (Fsp3) is 1.00. The summed E-state index contributed by atoms with van der Waals surface area (Å²) in [5.41, 5.74) is 0.